The summed E-state index contributed by atoms with van der Waals surface area (Å²) >= 11 is 1.62. The number of hydrogen-bond donors (Lipinski definition) is 1. The van der Waals surface area contributed by atoms with E-state index in [-0.39, 0.29) is 5.75 Å². The van der Waals surface area contributed by atoms with Crippen LogP contribution < -0.4 is 0 Å². The Kier molecular flexibility index (Phi) is 2.25. The molecule has 1 nitrogen and oxygen atoms in total. The molecule has 1 aromatic heterocycles. The van der Waals surface area contributed by atoms with Gasteiger partial charge in [-0.3, -0.25) is 0 Å². The topological polar surface area (TPSA) is 20.2 Å². The van der Waals surface area contributed by atoms with E-state index in [1.807, 2.05) is 18.4 Å². The first-order valence-electron chi connectivity index (χ1n) is 4.21. The number of benzene rings is 1. The molecule has 0 atom stereocenters. The molecule has 1 aromatic carbocycles. The van der Waals surface area contributed by atoms with Crippen LogP contribution in [0.2, 0.25) is 0 Å². The van der Waals surface area contributed by atoms with Crippen LogP contribution in [0.5, 0.6) is 5.75 Å². The van der Waals surface area contributed by atoms with Gasteiger partial charge in [0.1, 0.15) is 0 Å². The second kappa shape index (κ2) is 3.42. The Morgan fingerprint density at radius 2 is 2.07 bits per heavy atom. The lowest BCUT2D eigenvalue weighted by Crippen LogP contribution is -1.80. The van der Waals surface area contributed by atoms with Crippen molar-refractivity contribution >= 4 is 11.3 Å². The predicted octanol–water partition coefficient (Wildman–Crippen LogP) is 3.57. The number of aromatic hydroxyl groups is 1. The van der Waals surface area contributed by atoms with E-state index in [2.05, 4.69) is 0 Å². The normalized spacial score (nSPS) is 10.4. The van der Waals surface area contributed by atoms with E-state index < -0.39 is 5.82 Å². The Labute approximate surface area is 85.5 Å². The zero-order valence-electron chi connectivity index (χ0n) is 7.62. The molecule has 0 aliphatic rings. The molecule has 0 aliphatic carbocycles. The highest BCUT2D eigenvalue weighted by Crippen LogP contribution is 2.29. The summed E-state index contributed by atoms with van der Waals surface area (Å²) < 4.78 is 13.1. The maximum Gasteiger partial charge on any atom is 0.165 e. The highest BCUT2D eigenvalue weighted by atomic mass is 32.1. The Morgan fingerprint density at radius 1 is 1.29 bits per heavy atom. The quantitative estimate of drug-likeness (QED) is 0.759. The van der Waals surface area contributed by atoms with Gasteiger partial charge >= 0.3 is 0 Å². The summed E-state index contributed by atoms with van der Waals surface area (Å²) in [6, 6.07) is 6.39. The van der Waals surface area contributed by atoms with Crippen LogP contribution in [0.4, 0.5) is 4.39 Å². The van der Waals surface area contributed by atoms with Gasteiger partial charge in [-0.05, 0) is 41.6 Å². The van der Waals surface area contributed by atoms with Crippen LogP contribution in [0.25, 0.3) is 11.1 Å². The van der Waals surface area contributed by atoms with Crippen LogP contribution in [0.1, 0.15) is 4.88 Å². The first-order chi connectivity index (χ1) is 6.68. The van der Waals surface area contributed by atoms with Crippen molar-refractivity contribution in [3.63, 3.8) is 0 Å². The molecule has 1 N–H and O–H groups in total. The predicted molar refractivity (Wildman–Crippen MR) is 56.1 cm³/mol. The van der Waals surface area contributed by atoms with E-state index in [4.69, 9.17) is 5.11 Å². The van der Waals surface area contributed by atoms with Crippen LogP contribution in [0.15, 0.2) is 29.6 Å². The van der Waals surface area contributed by atoms with E-state index in [9.17, 15) is 4.39 Å². The molecular formula is C11H9FOS. The largest absolute Gasteiger partial charge is 0.505 e. The highest BCUT2D eigenvalue weighted by Gasteiger charge is 2.06. The van der Waals surface area contributed by atoms with Gasteiger partial charge in [0.2, 0.25) is 0 Å². The first-order valence-corrected chi connectivity index (χ1v) is 5.09. The Bertz CT molecular complexity index is 462. The summed E-state index contributed by atoms with van der Waals surface area (Å²) in [5, 5.41) is 11.0. The second-order valence-electron chi connectivity index (χ2n) is 3.06. The van der Waals surface area contributed by atoms with Crippen LogP contribution in [-0.4, -0.2) is 5.11 Å². The van der Waals surface area contributed by atoms with Crippen molar-refractivity contribution in [3.05, 3.63) is 40.3 Å². The third-order valence-electron chi connectivity index (χ3n) is 2.12. The fourth-order valence-electron chi connectivity index (χ4n) is 1.36. The van der Waals surface area contributed by atoms with Crippen molar-refractivity contribution in [3.8, 4) is 16.9 Å². The van der Waals surface area contributed by atoms with Gasteiger partial charge in [0.05, 0.1) is 0 Å². The van der Waals surface area contributed by atoms with E-state index in [0.29, 0.717) is 0 Å². The molecule has 0 radical (unpaired) electrons. The second-order valence-corrected chi connectivity index (χ2v) is 4.18. The highest BCUT2D eigenvalue weighted by molar-refractivity contribution is 7.10. The summed E-state index contributed by atoms with van der Waals surface area (Å²) in [6.07, 6.45) is 0. The average molecular weight is 208 g/mol. The smallest absolute Gasteiger partial charge is 0.165 e. The minimum absolute atomic E-state index is 0.304. The summed E-state index contributed by atoms with van der Waals surface area (Å²) in [6.45, 7) is 1.99. The van der Waals surface area contributed by atoms with Crippen LogP contribution in [-0.2, 0) is 0 Å². The molecule has 0 fully saturated rings. The van der Waals surface area contributed by atoms with Crippen LogP contribution >= 0.6 is 11.3 Å². The monoisotopic (exact) mass is 208 g/mol. The molecule has 2 aromatic rings. The zero-order valence-corrected chi connectivity index (χ0v) is 8.44. The van der Waals surface area contributed by atoms with Gasteiger partial charge in [-0.2, -0.15) is 0 Å². The zero-order chi connectivity index (χ0) is 10.1. The van der Waals surface area contributed by atoms with Gasteiger partial charge in [0, 0.05) is 4.88 Å². The van der Waals surface area contributed by atoms with Crippen molar-refractivity contribution in [1.82, 2.24) is 0 Å². The van der Waals surface area contributed by atoms with Gasteiger partial charge in [0.15, 0.2) is 11.6 Å². The molecule has 0 saturated heterocycles. The van der Waals surface area contributed by atoms with Crippen molar-refractivity contribution in [1.29, 1.82) is 0 Å². The Hall–Kier alpha value is -1.35. The number of phenols is 1. The van der Waals surface area contributed by atoms with Gasteiger partial charge in [-0.25, -0.2) is 4.39 Å². The Balaban J connectivity index is 2.53. The van der Waals surface area contributed by atoms with Crippen molar-refractivity contribution < 1.29 is 9.50 Å². The summed E-state index contributed by atoms with van der Waals surface area (Å²) in [5.74, 6) is -0.880. The standard InChI is InChI=1S/C11H9FOS/c1-7-9(4-5-14-7)8-2-3-11(13)10(12)6-8/h2-6,13H,1H3. The minimum atomic E-state index is -0.576. The van der Waals surface area contributed by atoms with Gasteiger partial charge in [0.25, 0.3) is 0 Å². The summed E-state index contributed by atoms with van der Waals surface area (Å²) in [4.78, 5) is 1.15. The van der Waals surface area contributed by atoms with Crippen LogP contribution in [0.3, 0.4) is 0 Å². The third kappa shape index (κ3) is 1.51. The van der Waals surface area contributed by atoms with Gasteiger partial charge < -0.3 is 5.11 Å². The first kappa shape index (κ1) is 9.21. The van der Waals surface area contributed by atoms with E-state index >= 15 is 0 Å². The SMILES string of the molecule is Cc1sccc1-c1ccc(O)c(F)c1. The van der Waals surface area contributed by atoms with Crippen molar-refractivity contribution in [2.24, 2.45) is 0 Å². The lowest BCUT2D eigenvalue weighted by molar-refractivity contribution is 0.432. The molecule has 0 saturated carbocycles. The number of hydrogen-bond acceptors (Lipinski definition) is 2. The average Bonchev–Trinajstić information content (AvgIpc) is 2.57. The molecular weight excluding hydrogens is 199 g/mol. The summed E-state index contributed by atoms with van der Waals surface area (Å²) in [5.41, 5.74) is 1.83. The lowest BCUT2D eigenvalue weighted by atomic mass is 10.1. The van der Waals surface area contributed by atoms with Crippen LogP contribution in [0, 0.1) is 12.7 Å². The molecule has 0 aliphatic heterocycles. The molecule has 2 rings (SSSR count). The molecule has 0 unspecified atom stereocenters. The molecule has 0 bridgehead atoms. The fraction of sp³-hybridized carbons (Fsp3) is 0.0909. The molecule has 3 heteroatoms. The van der Waals surface area contributed by atoms with Crippen molar-refractivity contribution in [2.45, 2.75) is 6.92 Å². The number of aryl methyl sites for hydroxylation is 1. The molecule has 1 heterocycles. The number of phenolic OH excluding ortho intramolecular Hbond substituents is 1. The number of halogens is 1. The number of thiophene rings is 1. The summed E-state index contributed by atoms with van der Waals surface area (Å²) in [7, 11) is 0. The van der Waals surface area contributed by atoms with Gasteiger partial charge in [-0.15, -0.1) is 11.3 Å². The molecule has 0 spiro atoms. The number of rotatable bonds is 1. The maximum atomic E-state index is 13.1. The lowest BCUT2D eigenvalue weighted by Gasteiger charge is -2.01. The van der Waals surface area contributed by atoms with E-state index in [1.54, 1.807) is 17.4 Å². The molecule has 14 heavy (non-hydrogen) atoms. The fourth-order valence-corrected chi connectivity index (χ4v) is 2.08. The minimum Gasteiger partial charge on any atom is -0.505 e. The van der Waals surface area contributed by atoms with Gasteiger partial charge in [-0.1, -0.05) is 6.07 Å². The molecule has 0 amide bonds. The maximum absolute atomic E-state index is 13.1. The third-order valence-corrected chi connectivity index (χ3v) is 2.96. The van der Waals surface area contributed by atoms with E-state index in [0.717, 1.165) is 16.0 Å². The Morgan fingerprint density at radius 3 is 2.64 bits per heavy atom. The van der Waals surface area contributed by atoms with Crippen molar-refractivity contribution in [2.75, 3.05) is 0 Å². The van der Waals surface area contributed by atoms with E-state index in [1.165, 1.54) is 12.1 Å². The molecule has 72 valence electrons.